The summed E-state index contributed by atoms with van der Waals surface area (Å²) in [5.74, 6) is 1.07. The summed E-state index contributed by atoms with van der Waals surface area (Å²) in [6, 6.07) is 12.6. The second-order valence-corrected chi connectivity index (χ2v) is 8.65. The molecule has 4 rings (SSSR count). The molecule has 1 fully saturated rings. The summed E-state index contributed by atoms with van der Waals surface area (Å²) in [6.07, 6.45) is 5.71. The normalized spacial score (nSPS) is 18.6. The summed E-state index contributed by atoms with van der Waals surface area (Å²) < 4.78 is 13.4. The summed E-state index contributed by atoms with van der Waals surface area (Å²) in [5, 5.41) is 7.55. The van der Waals surface area contributed by atoms with Crippen molar-refractivity contribution in [2.24, 2.45) is 5.73 Å². The predicted molar refractivity (Wildman–Crippen MR) is 125 cm³/mol. The summed E-state index contributed by atoms with van der Waals surface area (Å²) in [7, 11) is 0. The molecule has 0 spiro atoms. The highest BCUT2D eigenvalue weighted by Gasteiger charge is 2.19. The molecule has 0 radical (unpaired) electrons. The Morgan fingerprint density at radius 1 is 1.03 bits per heavy atom. The first-order valence-corrected chi connectivity index (χ1v) is 11.1. The van der Waals surface area contributed by atoms with Gasteiger partial charge in [-0.15, -0.1) is 0 Å². The largest absolute Gasteiger partial charge is 0.367 e. The standard InChI is InChI=1S/C23H24Cl2FN5/c24-20-13-29-23(30-18-6-4-17(27)5-7-18)11-19(20)15-9-21(25)31-22(10-15)28-12-14-2-1-3-16(26)8-14/h1-3,8-11,13,17-18H,4-7,12,27H2,(H,28,31)(H,29,30)/t17-,18-. The third-order valence-corrected chi connectivity index (χ3v) is 5.94. The van der Waals surface area contributed by atoms with Crippen molar-refractivity contribution in [1.29, 1.82) is 0 Å². The number of pyridine rings is 2. The van der Waals surface area contributed by atoms with Crippen LogP contribution in [0.25, 0.3) is 11.1 Å². The Bertz CT molecular complexity index is 1050. The van der Waals surface area contributed by atoms with E-state index in [1.165, 1.54) is 12.1 Å². The van der Waals surface area contributed by atoms with E-state index in [0.29, 0.717) is 34.6 Å². The number of hydrogen-bond donors (Lipinski definition) is 3. The summed E-state index contributed by atoms with van der Waals surface area (Å²) in [5.41, 5.74) is 8.45. The second-order valence-electron chi connectivity index (χ2n) is 7.85. The molecule has 0 aliphatic heterocycles. The van der Waals surface area contributed by atoms with Crippen LogP contribution in [0.4, 0.5) is 16.0 Å². The van der Waals surface area contributed by atoms with Crippen molar-refractivity contribution in [3.63, 3.8) is 0 Å². The summed E-state index contributed by atoms with van der Waals surface area (Å²) >= 11 is 12.7. The lowest BCUT2D eigenvalue weighted by Crippen LogP contribution is -2.33. The molecule has 1 aliphatic carbocycles. The molecule has 0 amide bonds. The first-order valence-electron chi connectivity index (χ1n) is 10.3. The van der Waals surface area contributed by atoms with Crippen LogP contribution in [0, 0.1) is 5.82 Å². The van der Waals surface area contributed by atoms with Crippen LogP contribution >= 0.6 is 23.2 Å². The van der Waals surface area contributed by atoms with Gasteiger partial charge < -0.3 is 16.4 Å². The number of nitrogens with zero attached hydrogens (tertiary/aromatic N) is 2. The zero-order valence-corrected chi connectivity index (χ0v) is 18.4. The number of nitrogens with one attached hydrogen (secondary N) is 2. The SMILES string of the molecule is N[C@H]1CC[C@H](Nc2cc(-c3cc(Cl)nc(NCc4cccc(F)c4)c3)c(Cl)cn2)CC1. The minimum absolute atomic E-state index is 0.275. The van der Waals surface area contributed by atoms with Crippen LogP contribution in [0.3, 0.4) is 0 Å². The molecule has 2 aromatic heterocycles. The maximum absolute atomic E-state index is 13.4. The van der Waals surface area contributed by atoms with Crippen LogP contribution in [0.2, 0.25) is 10.2 Å². The zero-order valence-electron chi connectivity index (χ0n) is 16.9. The molecule has 5 nitrogen and oxygen atoms in total. The van der Waals surface area contributed by atoms with Gasteiger partial charge in [-0.1, -0.05) is 35.3 Å². The first kappa shape index (κ1) is 21.8. The molecule has 31 heavy (non-hydrogen) atoms. The molecule has 3 aromatic rings. The quantitative estimate of drug-likeness (QED) is 0.401. The molecule has 0 saturated heterocycles. The van der Waals surface area contributed by atoms with Crippen LogP contribution < -0.4 is 16.4 Å². The van der Waals surface area contributed by atoms with Gasteiger partial charge in [0.25, 0.3) is 0 Å². The molecule has 4 N–H and O–H groups in total. The molecule has 0 bridgehead atoms. The third-order valence-electron chi connectivity index (χ3n) is 5.45. The van der Waals surface area contributed by atoms with Gasteiger partial charge in [-0.05, 0) is 67.1 Å². The second kappa shape index (κ2) is 9.81. The third kappa shape index (κ3) is 5.85. The molecule has 1 aliphatic rings. The molecule has 8 heteroatoms. The molecule has 162 valence electrons. The Morgan fingerprint density at radius 3 is 2.61 bits per heavy atom. The van der Waals surface area contributed by atoms with E-state index >= 15 is 0 Å². The summed E-state index contributed by atoms with van der Waals surface area (Å²) in [6.45, 7) is 0.422. The average Bonchev–Trinajstić information content (AvgIpc) is 2.75. The molecular weight excluding hydrogens is 436 g/mol. The lowest BCUT2D eigenvalue weighted by molar-refractivity contribution is 0.410. The Morgan fingerprint density at radius 2 is 1.84 bits per heavy atom. The van der Waals surface area contributed by atoms with E-state index in [1.54, 1.807) is 18.3 Å². The average molecular weight is 460 g/mol. The number of hydrogen-bond acceptors (Lipinski definition) is 5. The highest BCUT2D eigenvalue weighted by molar-refractivity contribution is 6.33. The van der Waals surface area contributed by atoms with E-state index < -0.39 is 0 Å². The van der Waals surface area contributed by atoms with Crippen molar-refractivity contribution in [1.82, 2.24) is 9.97 Å². The van der Waals surface area contributed by atoms with Crippen molar-refractivity contribution in [2.45, 2.75) is 44.3 Å². The minimum Gasteiger partial charge on any atom is -0.367 e. The smallest absolute Gasteiger partial charge is 0.132 e. The minimum atomic E-state index is -0.275. The van der Waals surface area contributed by atoms with Gasteiger partial charge >= 0.3 is 0 Å². The molecule has 2 heterocycles. The highest BCUT2D eigenvalue weighted by atomic mass is 35.5. The monoisotopic (exact) mass is 459 g/mol. The maximum Gasteiger partial charge on any atom is 0.132 e. The fourth-order valence-corrected chi connectivity index (χ4v) is 4.22. The highest BCUT2D eigenvalue weighted by Crippen LogP contribution is 2.33. The predicted octanol–water partition coefficient (Wildman–Crippen LogP) is 5.88. The van der Waals surface area contributed by atoms with Gasteiger partial charge in [-0.2, -0.15) is 0 Å². The van der Waals surface area contributed by atoms with Crippen molar-refractivity contribution in [2.75, 3.05) is 10.6 Å². The van der Waals surface area contributed by atoms with E-state index in [1.807, 2.05) is 18.2 Å². The Balaban J connectivity index is 1.53. The van der Waals surface area contributed by atoms with E-state index in [0.717, 1.165) is 48.2 Å². The zero-order chi connectivity index (χ0) is 21.8. The molecule has 1 aromatic carbocycles. The fourth-order valence-electron chi connectivity index (χ4n) is 3.79. The Kier molecular flexibility index (Phi) is 6.90. The topological polar surface area (TPSA) is 75.9 Å². The van der Waals surface area contributed by atoms with Gasteiger partial charge in [0.05, 0.1) is 5.02 Å². The van der Waals surface area contributed by atoms with Crippen molar-refractivity contribution < 1.29 is 4.39 Å². The maximum atomic E-state index is 13.4. The number of anilines is 2. The fraction of sp³-hybridized carbons (Fsp3) is 0.304. The molecule has 1 saturated carbocycles. The lowest BCUT2D eigenvalue weighted by Gasteiger charge is -2.27. The number of benzene rings is 1. The Hall–Kier alpha value is -2.41. The van der Waals surface area contributed by atoms with E-state index in [9.17, 15) is 4.39 Å². The first-order chi connectivity index (χ1) is 15.0. The number of rotatable bonds is 6. The number of nitrogens with two attached hydrogens (primary N) is 1. The number of aromatic nitrogens is 2. The molecule has 0 atom stereocenters. The van der Waals surface area contributed by atoms with Crippen LogP contribution in [-0.2, 0) is 6.54 Å². The van der Waals surface area contributed by atoms with Crippen LogP contribution in [0.15, 0.2) is 48.7 Å². The molecular formula is C23H24Cl2FN5. The van der Waals surface area contributed by atoms with Gasteiger partial charge in [0.2, 0.25) is 0 Å². The van der Waals surface area contributed by atoms with E-state index in [4.69, 9.17) is 28.9 Å². The van der Waals surface area contributed by atoms with Gasteiger partial charge in [0.15, 0.2) is 0 Å². The van der Waals surface area contributed by atoms with Gasteiger partial charge in [-0.25, -0.2) is 14.4 Å². The van der Waals surface area contributed by atoms with Crippen molar-refractivity contribution in [3.05, 3.63) is 70.2 Å². The van der Waals surface area contributed by atoms with Crippen LogP contribution in [0.1, 0.15) is 31.2 Å². The Labute approximate surface area is 191 Å². The molecule has 0 unspecified atom stereocenters. The van der Waals surface area contributed by atoms with Crippen molar-refractivity contribution in [3.8, 4) is 11.1 Å². The van der Waals surface area contributed by atoms with Crippen LogP contribution in [0.5, 0.6) is 0 Å². The van der Waals surface area contributed by atoms with E-state index in [-0.39, 0.29) is 5.82 Å². The van der Waals surface area contributed by atoms with Crippen LogP contribution in [-0.4, -0.2) is 22.1 Å². The lowest BCUT2D eigenvalue weighted by atomic mass is 9.92. The number of halogens is 3. The van der Waals surface area contributed by atoms with Gasteiger partial charge in [0, 0.05) is 30.4 Å². The summed E-state index contributed by atoms with van der Waals surface area (Å²) in [4.78, 5) is 8.76. The van der Waals surface area contributed by atoms with Crippen molar-refractivity contribution >= 4 is 34.8 Å². The van der Waals surface area contributed by atoms with Gasteiger partial charge in [0.1, 0.15) is 22.6 Å². The van der Waals surface area contributed by atoms with E-state index in [2.05, 4.69) is 20.6 Å². The van der Waals surface area contributed by atoms with Gasteiger partial charge in [-0.3, -0.25) is 0 Å².